The van der Waals surface area contributed by atoms with Gasteiger partial charge in [0.05, 0.1) is 12.6 Å². The molecule has 1 aliphatic rings. The van der Waals surface area contributed by atoms with Gasteiger partial charge in [-0.15, -0.1) is 16.6 Å². The van der Waals surface area contributed by atoms with Crippen LogP contribution in [-0.4, -0.2) is 46.9 Å². The van der Waals surface area contributed by atoms with Gasteiger partial charge in [-0.1, -0.05) is 54.5 Å². The van der Waals surface area contributed by atoms with Crippen LogP contribution >= 0.6 is 11.3 Å². The Hall–Kier alpha value is -2.43. The summed E-state index contributed by atoms with van der Waals surface area (Å²) in [6.45, 7) is 3.59. The lowest BCUT2D eigenvalue weighted by atomic mass is 9.97. The Bertz CT molecular complexity index is 781. The maximum Gasteiger partial charge on any atom is 0.324 e. The predicted octanol–water partition coefficient (Wildman–Crippen LogP) is 3.73. The molecule has 2 heterocycles. The van der Waals surface area contributed by atoms with Crippen molar-refractivity contribution >= 4 is 22.5 Å². The number of carbonyl (C=O) groups excluding carboxylic acids is 1. The van der Waals surface area contributed by atoms with Gasteiger partial charge in [-0.3, -0.25) is 5.32 Å². The smallest absolute Gasteiger partial charge is 0.324 e. The first-order chi connectivity index (χ1) is 13.2. The van der Waals surface area contributed by atoms with E-state index in [1.807, 2.05) is 18.2 Å². The molecule has 0 saturated carbocycles. The number of urea groups is 1. The van der Waals surface area contributed by atoms with Gasteiger partial charge in [-0.25, -0.2) is 4.79 Å². The van der Waals surface area contributed by atoms with Crippen LogP contribution in [0.2, 0.25) is 0 Å². The quantitative estimate of drug-likeness (QED) is 0.739. The number of hydrogen-bond acceptors (Lipinski definition) is 5. The molecule has 2 amide bonds. The molecule has 1 N–H and O–H groups in total. The molecule has 0 bridgehead atoms. The molecule has 0 radical (unpaired) electrons. The Balaban J connectivity index is 1.66. The van der Waals surface area contributed by atoms with Crippen molar-refractivity contribution in [2.45, 2.75) is 38.2 Å². The number of nitrogens with zero attached hydrogens (tertiary/aromatic N) is 3. The van der Waals surface area contributed by atoms with Crippen LogP contribution in [0.1, 0.15) is 42.7 Å². The highest BCUT2D eigenvalue weighted by Gasteiger charge is 2.23. The second-order valence-corrected chi connectivity index (χ2v) is 7.48. The van der Waals surface area contributed by atoms with Crippen LogP contribution in [0.15, 0.2) is 30.3 Å². The fourth-order valence-electron chi connectivity index (χ4n) is 3.20. The Morgan fingerprint density at radius 1 is 1.44 bits per heavy atom. The lowest BCUT2D eigenvalue weighted by Crippen LogP contribution is -2.40. The summed E-state index contributed by atoms with van der Waals surface area (Å²) in [5.74, 6) is 2.71. The molecule has 1 aromatic carbocycles. The van der Waals surface area contributed by atoms with Gasteiger partial charge in [0.2, 0.25) is 5.13 Å². The zero-order valence-corrected chi connectivity index (χ0v) is 16.2. The number of rotatable bonds is 7. The van der Waals surface area contributed by atoms with Gasteiger partial charge in [0, 0.05) is 19.1 Å². The first-order valence-electron chi connectivity index (χ1n) is 9.20. The Kier molecular flexibility index (Phi) is 6.80. The van der Waals surface area contributed by atoms with Gasteiger partial charge in [0.1, 0.15) is 5.01 Å². The van der Waals surface area contributed by atoms with Crippen LogP contribution in [0.25, 0.3) is 0 Å². The summed E-state index contributed by atoms with van der Waals surface area (Å²) in [6.07, 6.45) is 8.36. The maximum absolute atomic E-state index is 12.6. The number of nitrogens with one attached hydrogen (secondary N) is 1. The molecule has 3 rings (SSSR count). The first-order valence-corrected chi connectivity index (χ1v) is 10.0. The number of ether oxygens (including phenoxy) is 1. The average Bonchev–Trinajstić information content (AvgIpc) is 3.35. The second-order valence-electron chi connectivity index (χ2n) is 6.47. The SMILES string of the molecule is C#CCN(CC1CCCO1)C(=O)Nc1nnc(C(CC)c2ccccc2)s1. The fourth-order valence-corrected chi connectivity index (χ4v) is 4.14. The van der Waals surface area contributed by atoms with Gasteiger partial charge in [0.15, 0.2) is 0 Å². The average molecular weight is 385 g/mol. The fraction of sp³-hybridized carbons (Fsp3) is 0.450. The van der Waals surface area contributed by atoms with Crippen LogP contribution in [0.5, 0.6) is 0 Å². The number of terminal acetylenes is 1. The van der Waals surface area contributed by atoms with E-state index in [4.69, 9.17) is 11.2 Å². The highest BCUT2D eigenvalue weighted by molar-refractivity contribution is 7.15. The summed E-state index contributed by atoms with van der Waals surface area (Å²) in [4.78, 5) is 14.2. The normalized spacial score (nSPS) is 17.3. The molecule has 142 valence electrons. The van der Waals surface area contributed by atoms with Crippen molar-refractivity contribution in [3.63, 3.8) is 0 Å². The van der Waals surface area contributed by atoms with E-state index < -0.39 is 0 Å². The molecular formula is C20H24N4O2S. The zero-order valence-electron chi connectivity index (χ0n) is 15.4. The predicted molar refractivity (Wildman–Crippen MR) is 107 cm³/mol. The zero-order chi connectivity index (χ0) is 19.1. The molecule has 2 atom stereocenters. The molecule has 1 fully saturated rings. The number of benzene rings is 1. The van der Waals surface area contributed by atoms with Crippen LogP contribution < -0.4 is 5.32 Å². The number of carbonyl (C=O) groups is 1. The van der Waals surface area contributed by atoms with Gasteiger partial charge < -0.3 is 9.64 Å². The van der Waals surface area contributed by atoms with Crippen molar-refractivity contribution in [2.75, 3.05) is 25.0 Å². The van der Waals surface area contributed by atoms with Crippen molar-refractivity contribution < 1.29 is 9.53 Å². The minimum atomic E-state index is -0.265. The third kappa shape index (κ3) is 5.06. The van der Waals surface area contributed by atoms with E-state index in [2.05, 4.69) is 40.5 Å². The topological polar surface area (TPSA) is 67.3 Å². The minimum Gasteiger partial charge on any atom is -0.376 e. The van der Waals surface area contributed by atoms with Crippen molar-refractivity contribution in [1.29, 1.82) is 0 Å². The van der Waals surface area contributed by atoms with Crippen molar-refractivity contribution in [2.24, 2.45) is 0 Å². The van der Waals surface area contributed by atoms with E-state index in [-0.39, 0.29) is 24.6 Å². The molecule has 6 nitrogen and oxygen atoms in total. The van der Waals surface area contributed by atoms with E-state index in [1.165, 1.54) is 16.9 Å². The van der Waals surface area contributed by atoms with Gasteiger partial charge in [0.25, 0.3) is 0 Å². The third-order valence-electron chi connectivity index (χ3n) is 4.58. The lowest BCUT2D eigenvalue weighted by Gasteiger charge is -2.23. The van der Waals surface area contributed by atoms with Crippen LogP contribution in [0.4, 0.5) is 9.93 Å². The second kappa shape index (κ2) is 9.49. The summed E-state index contributed by atoms with van der Waals surface area (Å²) in [5, 5.41) is 12.7. The number of anilines is 1. The molecule has 27 heavy (non-hydrogen) atoms. The largest absolute Gasteiger partial charge is 0.376 e. The molecule has 7 heteroatoms. The molecule has 1 saturated heterocycles. The van der Waals surface area contributed by atoms with E-state index in [0.29, 0.717) is 11.7 Å². The number of aromatic nitrogens is 2. The van der Waals surface area contributed by atoms with Gasteiger partial charge >= 0.3 is 6.03 Å². The molecule has 0 spiro atoms. The van der Waals surface area contributed by atoms with Crippen molar-refractivity contribution in [1.82, 2.24) is 15.1 Å². The maximum atomic E-state index is 12.6. The number of amides is 2. The van der Waals surface area contributed by atoms with Gasteiger partial charge in [-0.05, 0) is 24.8 Å². The van der Waals surface area contributed by atoms with Crippen LogP contribution in [0.3, 0.4) is 0 Å². The first kappa shape index (κ1) is 19.3. The van der Waals surface area contributed by atoms with E-state index in [1.54, 1.807) is 4.90 Å². The van der Waals surface area contributed by atoms with Crippen molar-refractivity contribution in [3.8, 4) is 12.3 Å². The molecule has 2 unspecified atom stereocenters. The molecule has 0 aliphatic carbocycles. The lowest BCUT2D eigenvalue weighted by molar-refractivity contribution is 0.0867. The van der Waals surface area contributed by atoms with Crippen molar-refractivity contribution in [3.05, 3.63) is 40.9 Å². The third-order valence-corrected chi connectivity index (χ3v) is 5.53. The highest BCUT2D eigenvalue weighted by Crippen LogP contribution is 2.31. The van der Waals surface area contributed by atoms with Gasteiger partial charge in [-0.2, -0.15) is 0 Å². The summed E-state index contributed by atoms with van der Waals surface area (Å²) < 4.78 is 5.61. The van der Waals surface area contributed by atoms with E-state index >= 15 is 0 Å². The number of hydrogen-bond donors (Lipinski definition) is 1. The highest BCUT2D eigenvalue weighted by atomic mass is 32.1. The Morgan fingerprint density at radius 2 is 2.26 bits per heavy atom. The van der Waals surface area contributed by atoms with E-state index in [9.17, 15) is 4.79 Å². The summed E-state index contributed by atoms with van der Waals surface area (Å²) in [5.41, 5.74) is 1.20. The summed E-state index contributed by atoms with van der Waals surface area (Å²) in [7, 11) is 0. The monoisotopic (exact) mass is 384 g/mol. The molecular weight excluding hydrogens is 360 g/mol. The Labute approximate surface area is 163 Å². The summed E-state index contributed by atoms with van der Waals surface area (Å²) >= 11 is 1.40. The molecule has 2 aromatic rings. The summed E-state index contributed by atoms with van der Waals surface area (Å²) in [6, 6.07) is 9.94. The molecule has 1 aliphatic heterocycles. The van der Waals surface area contributed by atoms with Crippen LogP contribution in [0, 0.1) is 12.3 Å². The Morgan fingerprint density at radius 3 is 2.93 bits per heavy atom. The standard InChI is InChI=1S/C20H24N4O2S/c1-3-12-24(14-16-11-8-13-26-16)20(25)21-19-23-22-18(27-19)17(4-2)15-9-6-5-7-10-15/h1,5-7,9-10,16-17H,4,8,11-14H2,2H3,(H,21,23,25). The van der Waals surface area contributed by atoms with Crippen LogP contribution in [-0.2, 0) is 4.74 Å². The minimum absolute atomic E-state index is 0.0524. The van der Waals surface area contributed by atoms with E-state index in [0.717, 1.165) is 30.9 Å². The molecule has 1 aromatic heterocycles.